The van der Waals surface area contributed by atoms with Crippen LogP contribution in [0.2, 0.25) is 0 Å². The Morgan fingerprint density at radius 2 is 1.95 bits per heavy atom. The number of fused-ring (bicyclic) bond motifs is 3. The Labute approximate surface area is 113 Å². The molecule has 1 saturated heterocycles. The van der Waals surface area contributed by atoms with Crippen molar-refractivity contribution in [2.75, 3.05) is 6.61 Å². The van der Waals surface area contributed by atoms with Gasteiger partial charge in [0.05, 0.1) is 12.5 Å². The number of carboxylic acid groups (broad SMARTS) is 1. The largest absolute Gasteiger partial charge is 0.550 e. The molecule has 4 fully saturated rings. The minimum atomic E-state index is -0.972. The number of esters is 1. The van der Waals surface area contributed by atoms with Crippen molar-refractivity contribution in [1.29, 1.82) is 0 Å². The predicted octanol–water partition coefficient (Wildman–Crippen LogP) is 1.13. The summed E-state index contributed by atoms with van der Waals surface area (Å²) in [7, 11) is 0. The van der Waals surface area contributed by atoms with Crippen molar-refractivity contribution in [3.8, 4) is 0 Å². The molecule has 1 heterocycles. The predicted molar refractivity (Wildman–Crippen MR) is 65.7 cm³/mol. The third kappa shape index (κ3) is 1.72. The van der Waals surface area contributed by atoms with E-state index >= 15 is 0 Å². The van der Waals surface area contributed by atoms with Crippen LogP contribution >= 0.6 is 0 Å². The van der Waals surface area contributed by atoms with Gasteiger partial charge in [-0.25, -0.2) is 0 Å². The quantitative estimate of drug-likeness (QED) is 0.702. The SMILES string of the molecule is CC1(C)COC(=O)[C@@H]1C12CCC(CC1)C[C@@H]2C(=O)[O-]. The highest BCUT2D eigenvalue weighted by molar-refractivity contribution is 5.79. The highest BCUT2D eigenvalue weighted by Gasteiger charge is 2.61. The van der Waals surface area contributed by atoms with Crippen LogP contribution in [0.25, 0.3) is 0 Å². The number of rotatable bonds is 2. The third-order valence-corrected chi connectivity index (χ3v) is 5.76. The molecule has 3 aliphatic carbocycles. The second-order valence-electron chi connectivity index (χ2n) is 7.31. The Bertz CT molecular complexity index is 418. The summed E-state index contributed by atoms with van der Waals surface area (Å²) >= 11 is 0. The summed E-state index contributed by atoms with van der Waals surface area (Å²) in [5.41, 5.74) is -0.695. The van der Waals surface area contributed by atoms with Crippen molar-refractivity contribution in [3.05, 3.63) is 0 Å². The fourth-order valence-electron chi connectivity index (χ4n) is 4.94. The molecule has 2 atom stereocenters. The van der Waals surface area contributed by atoms with E-state index in [9.17, 15) is 14.7 Å². The molecule has 0 radical (unpaired) electrons. The van der Waals surface area contributed by atoms with E-state index in [1.807, 2.05) is 13.8 Å². The van der Waals surface area contributed by atoms with Gasteiger partial charge in [0, 0.05) is 17.3 Å². The van der Waals surface area contributed by atoms with Gasteiger partial charge in [-0.15, -0.1) is 0 Å². The highest BCUT2D eigenvalue weighted by Crippen LogP contribution is 2.62. The Morgan fingerprint density at radius 3 is 2.42 bits per heavy atom. The molecule has 0 aromatic rings. The zero-order valence-corrected chi connectivity index (χ0v) is 11.6. The van der Waals surface area contributed by atoms with E-state index in [4.69, 9.17) is 4.74 Å². The van der Waals surface area contributed by atoms with Crippen LogP contribution in [0.5, 0.6) is 0 Å². The van der Waals surface area contributed by atoms with Gasteiger partial charge in [-0.3, -0.25) is 4.79 Å². The smallest absolute Gasteiger partial charge is 0.310 e. The minimum Gasteiger partial charge on any atom is -0.550 e. The Kier molecular flexibility index (Phi) is 2.70. The Morgan fingerprint density at radius 1 is 1.32 bits per heavy atom. The van der Waals surface area contributed by atoms with Gasteiger partial charge in [0.1, 0.15) is 0 Å². The maximum atomic E-state index is 12.2. The molecule has 1 aliphatic heterocycles. The van der Waals surface area contributed by atoms with Crippen molar-refractivity contribution in [3.63, 3.8) is 0 Å². The molecule has 0 amide bonds. The number of cyclic esters (lactones) is 1. The van der Waals surface area contributed by atoms with Gasteiger partial charge >= 0.3 is 5.97 Å². The van der Waals surface area contributed by atoms with Crippen LogP contribution in [-0.2, 0) is 14.3 Å². The number of hydrogen-bond acceptors (Lipinski definition) is 4. The average Bonchev–Trinajstić information content (AvgIpc) is 2.64. The maximum Gasteiger partial charge on any atom is 0.310 e. The van der Waals surface area contributed by atoms with Gasteiger partial charge in [0.25, 0.3) is 0 Å². The van der Waals surface area contributed by atoms with Crippen molar-refractivity contribution >= 4 is 11.9 Å². The number of carboxylic acids is 1. The van der Waals surface area contributed by atoms with E-state index in [1.54, 1.807) is 0 Å². The summed E-state index contributed by atoms with van der Waals surface area (Å²) in [6.45, 7) is 4.44. The maximum absolute atomic E-state index is 12.2. The fourth-order valence-corrected chi connectivity index (χ4v) is 4.94. The Hall–Kier alpha value is -1.06. The first-order valence-corrected chi connectivity index (χ1v) is 7.24. The van der Waals surface area contributed by atoms with Gasteiger partial charge in [-0.05, 0) is 43.4 Å². The molecule has 4 nitrogen and oxygen atoms in total. The fraction of sp³-hybridized carbons (Fsp3) is 0.867. The number of ether oxygens (including phenoxy) is 1. The summed E-state index contributed by atoms with van der Waals surface area (Å²) in [6, 6.07) is 0. The molecule has 0 aromatic heterocycles. The molecule has 0 N–H and O–H groups in total. The van der Waals surface area contributed by atoms with Crippen LogP contribution in [0.1, 0.15) is 46.0 Å². The summed E-state index contributed by atoms with van der Waals surface area (Å²) in [5, 5.41) is 11.6. The number of hydrogen-bond donors (Lipinski definition) is 0. The van der Waals surface area contributed by atoms with Crippen LogP contribution in [0.15, 0.2) is 0 Å². The molecule has 19 heavy (non-hydrogen) atoms. The van der Waals surface area contributed by atoms with E-state index in [2.05, 4.69) is 0 Å². The average molecular weight is 265 g/mol. The lowest BCUT2D eigenvalue weighted by atomic mass is 9.47. The molecule has 106 valence electrons. The highest BCUT2D eigenvalue weighted by atomic mass is 16.5. The van der Waals surface area contributed by atoms with E-state index in [-0.39, 0.29) is 17.3 Å². The molecule has 2 bridgehead atoms. The number of aliphatic carboxylic acids is 1. The van der Waals surface area contributed by atoms with E-state index in [1.165, 1.54) is 0 Å². The zero-order chi connectivity index (χ0) is 13.8. The molecule has 4 heteroatoms. The summed E-state index contributed by atoms with van der Waals surface area (Å²) < 4.78 is 5.25. The third-order valence-electron chi connectivity index (χ3n) is 5.76. The molecule has 0 unspecified atom stereocenters. The van der Waals surface area contributed by atoms with Crippen LogP contribution in [-0.4, -0.2) is 18.5 Å². The first-order chi connectivity index (χ1) is 8.87. The van der Waals surface area contributed by atoms with Crippen molar-refractivity contribution in [1.82, 2.24) is 0 Å². The summed E-state index contributed by atoms with van der Waals surface area (Å²) in [5.74, 6) is -1.43. The van der Waals surface area contributed by atoms with Gasteiger partial charge < -0.3 is 14.6 Å². The zero-order valence-electron chi connectivity index (χ0n) is 11.6. The van der Waals surface area contributed by atoms with Crippen molar-refractivity contribution < 1.29 is 19.4 Å². The lowest BCUT2D eigenvalue weighted by Crippen LogP contribution is -2.57. The number of carbonyl (C=O) groups excluding carboxylic acids is 2. The van der Waals surface area contributed by atoms with E-state index in [0.29, 0.717) is 18.9 Å². The van der Waals surface area contributed by atoms with Gasteiger partial charge in [-0.1, -0.05) is 13.8 Å². The minimum absolute atomic E-state index is 0.198. The van der Waals surface area contributed by atoms with Gasteiger partial charge in [-0.2, -0.15) is 0 Å². The van der Waals surface area contributed by atoms with Crippen molar-refractivity contribution in [2.45, 2.75) is 46.0 Å². The van der Waals surface area contributed by atoms with Crippen molar-refractivity contribution in [2.24, 2.45) is 28.6 Å². The van der Waals surface area contributed by atoms with E-state index in [0.717, 1.165) is 25.7 Å². The second-order valence-corrected chi connectivity index (χ2v) is 7.31. The van der Waals surface area contributed by atoms with Crippen LogP contribution in [0, 0.1) is 28.6 Å². The lowest BCUT2D eigenvalue weighted by Gasteiger charge is -2.56. The molecule has 0 spiro atoms. The normalized spacial score (nSPS) is 44.1. The molecular formula is C15H21O4-. The second kappa shape index (κ2) is 3.97. The lowest BCUT2D eigenvalue weighted by molar-refractivity contribution is -0.321. The van der Waals surface area contributed by atoms with E-state index < -0.39 is 17.3 Å². The van der Waals surface area contributed by atoms with Crippen LogP contribution < -0.4 is 5.11 Å². The molecule has 4 rings (SSSR count). The molecular weight excluding hydrogens is 244 g/mol. The van der Waals surface area contributed by atoms with Gasteiger partial charge in [0.2, 0.25) is 0 Å². The standard InChI is InChI=1S/C15H22O4/c1-14(2)8-19-13(18)11(14)15-5-3-9(4-6-15)7-10(15)12(16)17/h9-11H,3-8H2,1-2H3,(H,16,17)/p-1/t9?,10-,11+,15?/m1/s1. The van der Waals surface area contributed by atoms with Crippen LogP contribution in [0.3, 0.4) is 0 Å². The molecule has 0 aromatic carbocycles. The Balaban J connectivity index is 2.03. The van der Waals surface area contributed by atoms with Gasteiger partial charge in [0.15, 0.2) is 0 Å². The summed E-state index contributed by atoms with van der Waals surface area (Å²) in [4.78, 5) is 23.8. The first-order valence-electron chi connectivity index (χ1n) is 7.24. The van der Waals surface area contributed by atoms with Crippen LogP contribution in [0.4, 0.5) is 0 Å². The first kappa shape index (κ1) is 12.9. The molecule has 4 aliphatic rings. The molecule has 3 saturated carbocycles. The monoisotopic (exact) mass is 265 g/mol. The topological polar surface area (TPSA) is 66.4 Å². The summed E-state index contributed by atoms with van der Waals surface area (Å²) in [6.07, 6.45) is 4.44. The number of carbonyl (C=O) groups is 2.